The molecule has 7 nitrogen and oxygen atoms in total. The van der Waals surface area contributed by atoms with Gasteiger partial charge in [0.25, 0.3) is 0 Å². The van der Waals surface area contributed by atoms with Gasteiger partial charge >= 0.3 is 0 Å². The van der Waals surface area contributed by atoms with E-state index in [1.165, 1.54) is 0 Å². The van der Waals surface area contributed by atoms with Gasteiger partial charge in [0.2, 0.25) is 6.41 Å². The lowest BCUT2D eigenvalue weighted by Gasteiger charge is -2.39. The van der Waals surface area contributed by atoms with Crippen molar-refractivity contribution in [3.05, 3.63) is 57.0 Å². The number of aryl methyl sites for hydroxylation is 1. The zero-order valence-electron chi connectivity index (χ0n) is 18.3. The molecule has 1 aromatic heterocycles. The number of hydrazine groups is 1. The number of fused-ring (bicyclic) bond motifs is 1. The molecule has 0 saturated carbocycles. The fourth-order valence-electron chi connectivity index (χ4n) is 3.86. The van der Waals surface area contributed by atoms with Gasteiger partial charge < -0.3 is 9.84 Å². The van der Waals surface area contributed by atoms with E-state index in [9.17, 15) is 9.90 Å². The molecule has 10 heteroatoms. The molecule has 0 spiro atoms. The van der Waals surface area contributed by atoms with Crippen LogP contribution in [0.2, 0.25) is 10.0 Å². The highest BCUT2D eigenvalue weighted by Gasteiger charge is 2.23. The average Bonchev–Trinajstić information content (AvgIpc) is 3.18. The summed E-state index contributed by atoms with van der Waals surface area (Å²) in [6, 6.07) is 11.2. The third-order valence-corrected chi connectivity index (χ3v) is 7.23. The van der Waals surface area contributed by atoms with Crippen molar-refractivity contribution < 1.29 is 14.6 Å². The lowest BCUT2D eigenvalue weighted by molar-refractivity contribution is -0.140. The number of aromatic nitrogens is 1. The van der Waals surface area contributed by atoms with E-state index in [0.29, 0.717) is 42.0 Å². The lowest BCUT2D eigenvalue weighted by atomic mass is 10.2. The molecule has 1 fully saturated rings. The van der Waals surface area contributed by atoms with Crippen LogP contribution in [0.25, 0.3) is 10.2 Å². The Hall–Kier alpha value is -1.94. The number of halogens is 2. The third-order valence-electron chi connectivity index (χ3n) is 5.54. The van der Waals surface area contributed by atoms with Gasteiger partial charge in [0, 0.05) is 38.8 Å². The molecular weight excluding hydrogens is 483 g/mol. The number of carbonyl (C=O) groups excluding carboxylic acids is 1. The van der Waals surface area contributed by atoms with E-state index in [1.54, 1.807) is 28.5 Å². The van der Waals surface area contributed by atoms with Gasteiger partial charge in [-0.2, -0.15) is 0 Å². The van der Waals surface area contributed by atoms with Crippen LogP contribution in [0.15, 0.2) is 36.4 Å². The van der Waals surface area contributed by atoms with Gasteiger partial charge in [-0.25, -0.2) is 9.99 Å². The van der Waals surface area contributed by atoms with Crippen LogP contribution in [0.3, 0.4) is 0 Å². The molecule has 0 unspecified atom stereocenters. The lowest BCUT2D eigenvalue weighted by Crippen LogP contribution is -2.54. The maximum atomic E-state index is 11.7. The first-order chi connectivity index (χ1) is 15.9. The molecule has 0 aliphatic carbocycles. The second-order valence-corrected chi connectivity index (χ2v) is 10.1. The highest BCUT2D eigenvalue weighted by molar-refractivity contribution is 7.18. The van der Waals surface area contributed by atoms with Gasteiger partial charge in [-0.15, -0.1) is 11.3 Å². The first kappa shape index (κ1) is 24.2. The number of rotatable bonds is 9. The Morgan fingerprint density at radius 1 is 1.18 bits per heavy atom. The number of hydrogen-bond donors (Lipinski definition) is 1. The molecule has 3 aromatic rings. The number of ether oxygens (including phenoxy) is 1. The van der Waals surface area contributed by atoms with Crippen LogP contribution in [0.4, 0.5) is 0 Å². The van der Waals surface area contributed by atoms with E-state index in [4.69, 9.17) is 27.9 Å². The van der Waals surface area contributed by atoms with Crippen LogP contribution >= 0.6 is 34.5 Å². The molecule has 1 aliphatic heterocycles. The molecule has 1 amide bonds. The summed E-state index contributed by atoms with van der Waals surface area (Å²) >= 11 is 13.7. The zero-order chi connectivity index (χ0) is 23.4. The molecular formula is C23H26Cl2N4O3S. The van der Waals surface area contributed by atoms with Crippen LogP contribution in [0.1, 0.15) is 10.6 Å². The Kier molecular flexibility index (Phi) is 8.06. The van der Waals surface area contributed by atoms with Crippen LogP contribution in [0, 0.1) is 6.92 Å². The Bertz CT molecular complexity index is 1100. The Morgan fingerprint density at radius 2 is 1.97 bits per heavy atom. The summed E-state index contributed by atoms with van der Waals surface area (Å²) in [7, 11) is 0. The molecule has 2 heterocycles. The van der Waals surface area contributed by atoms with Crippen molar-refractivity contribution >= 4 is 51.2 Å². The summed E-state index contributed by atoms with van der Waals surface area (Å²) in [5.74, 6) is 0.709. The molecule has 33 heavy (non-hydrogen) atoms. The summed E-state index contributed by atoms with van der Waals surface area (Å²) in [4.78, 5) is 18.3. The van der Waals surface area contributed by atoms with Crippen molar-refractivity contribution in [1.82, 2.24) is 19.9 Å². The number of hydrogen-bond acceptors (Lipinski definition) is 7. The molecule has 176 valence electrons. The highest BCUT2D eigenvalue weighted by Crippen LogP contribution is 2.26. The molecule has 1 aliphatic rings. The second kappa shape index (κ2) is 11.0. The number of thiazole rings is 1. The molecule has 4 rings (SSSR count). The van der Waals surface area contributed by atoms with Crippen molar-refractivity contribution in [3.63, 3.8) is 0 Å². The second-order valence-electron chi connectivity index (χ2n) is 8.03. The van der Waals surface area contributed by atoms with Gasteiger partial charge in [0.05, 0.1) is 31.8 Å². The third kappa shape index (κ3) is 6.35. The number of aliphatic hydroxyl groups is 1. The Labute approximate surface area is 207 Å². The average molecular weight is 509 g/mol. The van der Waals surface area contributed by atoms with Crippen molar-refractivity contribution in [1.29, 1.82) is 0 Å². The predicted octanol–water partition coefficient (Wildman–Crippen LogP) is 3.84. The summed E-state index contributed by atoms with van der Waals surface area (Å²) < 4.78 is 6.92. The fourth-order valence-corrected chi connectivity index (χ4v) is 4.99. The number of carbonyl (C=O) groups is 1. The normalized spacial score (nSPS) is 16.1. The van der Waals surface area contributed by atoms with Crippen LogP contribution in [-0.2, 0) is 11.3 Å². The highest BCUT2D eigenvalue weighted by atomic mass is 35.5. The van der Waals surface area contributed by atoms with Crippen molar-refractivity contribution in [2.75, 3.05) is 39.3 Å². The van der Waals surface area contributed by atoms with E-state index in [0.717, 1.165) is 40.3 Å². The minimum absolute atomic E-state index is 0.215. The molecule has 1 saturated heterocycles. The maximum absolute atomic E-state index is 11.7. The maximum Gasteiger partial charge on any atom is 0.224 e. The Morgan fingerprint density at radius 3 is 2.70 bits per heavy atom. The molecule has 2 aromatic carbocycles. The number of amides is 1. The number of piperazine rings is 1. The van der Waals surface area contributed by atoms with E-state index >= 15 is 0 Å². The predicted molar refractivity (Wildman–Crippen MR) is 132 cm³/mol. The quantitative estimate of drug-likeness (QED) is 0.442. The number of β-amino-alcohol motifs (C(OH)–C–C–N with tert-alkyl or cyclic N) is 1. The molecule has 0 bridgehead atoms. The Balaban J connectivity index is 1.23. The van der Waals surface area contributed by atoms with Crippen molar-refractivity contribution in [3.8, 4) is 5.75 Å². The standard InChI is InChI=1S/C23H26Cl2N4O3S/c1-16-26-22-11-19(3-5-23(22)33-16)32-14-18(31)13-27-6-8-28(9-7-27)29(15-30)12-17-2-4-20(24)21(25)10-17/h2-5,10-11,15,18,31H,6-9,12-14H2,1H3/t18-/m1/s1. The summed E-state index contributed by atoms with van der Waals surface area (Å²) in [6.45, 7) is 6.00. The first-order valence-corrected chi connectivity index (χ1v) is 12.3. The van der Waals surface area contributed by atoms with Crippen molar-refractivity contribution in [2.45, 2.75) is 19.6 Å². The molecule has 1 atom stereocenters. The van der Waals surface area contributed by atoms with Crippen LogP contribution < -0.4 is 4.74 Å². The number of benzene rings is 2. The summed E-state index contributed by atoms with van der Waals surface area (Å²) in [5, 5.41) is 16.1. The number of aliphatic hydroxyl groups excluding tert-OH is 1. The summed E-state index contributed by atoms with van der Waals surface area (Å²) in [5.41, 5.74) is 1.83. The first-order valence-electron chi connectivity index (χ1n) is 10.7. The van der Waals surface area contributed by atoms with E-state index < -0.39 is 6.10 Å². The molecule has 0 radical (unpaired) electrons. The fraction of sp³-hybridized carbons (Fsp3) is 0.391. The minimum Gasteiger partial charge on any atom is -0.491 e. The SMILES string of the molecule is Cc1nc2cc(OC[C@H](O)CN3CCN(N(C=O)Cc4ccc(Cl)c(Cl)c4)CC3)ccc2s1. The number of nitrogens with zero attached hydrogens (tertiary/aromatic N) is 4. The van der Waals surface area contributed by atoms with Gasteiger partial charge in [0.15, 0.2) is 0 Å². The largest absolute Gasteiger partial charge is 0.491 e. The topological polar surface area (TPSA) is 69.1 Å². The van der Waals surface area contributed by atoms with E-state index in [1.807, 2.05) is 36.2 Å². The van der Waals surface area contributed by atoms with Crippen molar-refractivity contribution in [2.24, 2.45) is 0 Å². The van der Waals surface area contributed by atoms with Crippen LogP contribution in [-0.4, -0.2) is 76.9 Å². The smallest absolute Gasteiger partial charge is 0.224 e. The van der Waals surface area contributed by atoms with Gasteiger partial charge in [-0.1, -0.05) is 29.3 Å². The zero-order valence-corrected chi connectivity index (χ0v) is 20.6. The van der Waals surface area contributed by atoms with E-state index in [-0.39, 0.29) is 6.61 Å². The van der Waals surface area contributed by atoms with Gasteiger partial charge in [0.1, 0.15) is 18.5 Å². The summed E-state index contributed by atoms with van der Waals surface area (Å²) in [6.07, 6.45) is 0.226. The van der Waals surface area contributed by atoms with E-state index in [2.05, 4.69) is 9.88 Å². The molecule has 1 N–H and O–H groups in total. The monoisotopic (exact) mass is 508 g/mol. The minimum atomic E-state index is -0.609. The van der Waals surface area contributed by atoms with Gasteiger partial charge in [-0.3, -0.25) is 14.7 Å². The van der Waals surface area contributed by atoms with Crippen LogP contribution in [0.5, 0.6) is 5.75 Å². The van der Waals surface area contributed by atoms with Gasteiger partial charge in [-0.05, 0) is 36.8 Å².